The van der Waals surface area contributed by atoms with Gasteiger partial charge in [0, 0.05) is 22.8 Å². The zero-order valence-electron chi connectivity index (χ0n) is 9.04. The monoisotopic (exact) mass is 308 g/mol. The Morgan fingerprint density at radius 1 is 1.65 bits per heavy atom. The molecule has 0 unspecified atom stereocenters. The first-order chi connectivity index (χ1) is 8.02. The molecule has 1 heterocycles. The number of alkyl halides is 3. The van der Waals surface area contributed by atoms with E-state index >= 15 is 0 Å². The molecule has 1 aromatic rings. The molecule has 0 aliphatic heterocycles. The average molecular weight is 309 g/mol. The second kappa shape index (κ2) is 5.90. The van der Waals surface area contributed by atoms with Gasteiger partial charge in [0.2, 0.25) is 0 Å². The Hall–Kier alpha value is -1.24. The molecule has 0 amide bonds. The third kappa shape index (κ3) is 2.91. The van der Waals surface area contributed by atoms with Crippen molar-refractivity contribution in [2.45, 2.75) is 18.7 Å². The highest BCUT2D eigenvalue weighted by atomic mass is 79.9. The van der Waals surface area contributed by atoms with Crippen LogP contribution in [0.15, 0.2) is 6.20 Å². The highest BCUT2D eigenvalue weighted by molar-refractivity contribution is 9.08. The molecule has 0 atom stereocenters. The molecule has 2 N–H and O–H groups in total. The molecule has 94 valence electrons. The first kappa shape index (κ1) is 13.8. The quantitative estimate of drug-likeness (QED) is 0.686. The number of halogens is 3. The van der Waals surface area contributed by atoms with Crippen LogP contribution in [-0.2, 0) is 10.1 Å². The van der Waals surface area contributed by atoms with Gasteiger partial charge in [-0.15, -0.1) is 0 Å². The summed E-state index contributed by atoms with van der Waals surface area (Å²) in [5, 5.41) is 0.286. The van der Waals surface area contributed by atoms with Crippen LogP contribution < -0.4 is 5.73 Å². The fraction of sp³-hybridized carbons (Fsp3) is 0.400. The SMILES string of the molecule is CCOC(=O)c1ncc(CBr)c(N)c1C(F)F. The van der Waals surface area contributed by atoms with Crippen LogP contribution in [0.2, 0.25) is 0 Å². The highest BCUT2D eigenvalue weighted by Gasteiger charge is 2.25. The Morgan fingerprint density at radius 2 is 2.29 bits per heavy atom. The normalized spacial score (nSPS) is 10.6. The summed E-state index contributed by atoms with van der Waals surface area (Å²) < 4.78 is 30.4. The van der Waals surface area contributed by atoms with Crippen LogP contribution in [0.3, 0.4) is 0 Å². The fourth-order valence-electron chi connectivity index (χ4n) is 1.27. The summed E-state index contributed by atoms with van der Waals surface area (Å²) in [6.07, 6.45) is -1.59. The van der Waals surface area contributed by atoms with Gasteiger partial charge in [-0.25, -0.2) is 18.6 Å². The molecular formula is C10H11BrF2N2O2. The molecular weight excluding hydrogens is 298 g/mol. The van der Waals surface area contributed by atoms with E-state index in [-0.39, 0.29) is 17.6 Å². The van der Waals surface area contributed by atoms with Crippen molar-refractivity contribution in [1.29, 1.82) is 0 Å². The maximum absolute atomic E-state index is 12.9. The van der Waals surface area contributed by atoms with Gasteiger partial charge < -0.3 is 10.5 Å². The predicted octanol–water partition coefficient (Wildman–Crippen LogP) is 2.67. The number of esters is 1. The van der Waals surface area contributed by atoms with E-state index in [1.54, 1.807) is 6.92 Å². The Kier molecular flexibility index (Phi) is 4.80. The van der Waals surface area contributed by atoms with Crippen LogP contribution in [0, 0.1) is 0 Å². The number of hydrogen-bond donors (Lipinski definition) is 1. The number of pyridine rings is 1. The number of nitrogens with zero attached hydrogens (tertiary/aromatic N) is 1. The molecule has 4 nitrogen and oxygen atoms in total. The number of nitrogen functional groups attached to an aromatic ring is 1. The second-order valence-electron chi connectivity index (χ2n) is 3.11. The van der Waals surface area contributed by atoms with E-state index in [0.29, 0.717) is 5.56 Å². The smallest absolute Gasteiger partial charge is 0.357 e. The lowest BCUT2D eigenvalue weighted by Gasteiger charge is -2.12. The Morgan fingerprint density at radius 3 is 2.76 bits per heavy atom. The molecule has 7 heteroatoms. The summed E-state index contributed by atoms with van der Waals surface area (Å²) in [6, 6.07) is 0. The van der Waals surface area contributed by atoms with E-state index in [2.05, 4.69) is 25.7 Å². The van der Waals surface area contributed by atoms with Gasteiger partial charge in [0.15, 0.2) is 5.69 Å². The molecule has 0 saturated heterocycles. The Labute approximate surface area is 105 Å². The molecule has 0 aliphatic carbocycles. The van der Waals surface area contributed by atoms with Crippen molar-refractivity contribution in [3.05, 3.63) is 23.0 Å². The Bertz CT molecular complexity index is 427. The van der Waals surface area contributed by atoms with Gasteiger partial charge >= 0.3 is 5.97 Å². The molecule has 0 saturated carbocycles. The van der Waals surface area contributed by atoms with Crippen LogP contribution in [0.25, 0.3) is 0 Å². The Balaban J connectivity index is 3.31. The molecule has 1 rings (SSSR count). The lowest BCUT2D eigenvalue weighted by atomic mass is 10.1. The van der Waals surface area contributed by atoms with Crippen molar-refractivity contribution < 1.29 is 18.3 Å². The van der Waals surface area contributed by atoms with Crippen LogP contribution in [0.1, 0.15) is 35.0 Å². The van der Waals surface area contributed by atoms with E-state index < -0.39 is 23.7 Å². The summed E-state index contributed by atoms with van der Waals surface area (Å²) >= 11 is 3.10. The number of carbonyl (C=O) groups is 1. The zero-order valence-corrected chi connectivity index (χ0v) is 10.6. The van der Waals surface area contributed by atoms with Crippen LogP contribution in [0.5, 0.6) is 0 Å². The van der Waals surface area contributed by atoms with Gasteiger partial charge in [0.05, 0.1) is 12.2 Å². The number of carbonyl (C=O) groups excluding carboxylic acids is 1. The average Bonchev–Trinajstić information content (AvgIpc) is 2.28. The van der Waals surface area contributed by atoms with Gasteiger partial charge in [-0.2, -0.15) is 0 Å². The summed E-state index contributed by atoms with van der Waals surface area (Å²) in [4.78, 5) is 15.1. The first-order valence-corrected chi connectivity index (χ1v) is 5.93. The van der Waals surface area contributed by atoms with Crippen molar-refractivity contribution in [2.75, 3.05) is 12.3 Å². The fourth-order valence-corrected chi connectivity index (χ4v) is 1.72. The number of aromatic nitrogens is 1. The van der Waals surface area contributed by atoms with Crippen LogP contribution >= 0.6 is 15.9 Å². The second-order valence-corrected chi connectivity index (χ2v) is 3.67. The predicted molar refractivity (Wildman–Crippen MR) is 62.2 cm³/mol. The zero-order chi connectivity index (χ0) is 13.0. The maximum atomic E-state index is 12.9. The largest absolute Gasteiger partial charge is 0.461 e. The van der Waals surface area contributed by atoms with Gasteiger partial charge in [-0.05, 0) is 6.92 Å². The van der Waals surface area contributed by atoms with Crippen LogP contribution in [-0.4, -0.2) is 17.6 Å². The lowest BCUT2D eigenvalue weighted by molar-refractivity contribution is 0.0508. The number of nitrogens with two attached hydrogens (primary N) is 1. The minimum Gasteiger partial charge on any atom is -0.461 e. The van der Waals surface area contributed by atoms with E-state index in [1.807, 2.05) is 0 Å². The molecule has 17 heavy (non-hydrogen) atoms. The van der Waals surface area contributed by atoms with E-state index in [9.17, 15) is 13.6 Å². The lowest BCUT2D eigenvalue weighted by Crippen LogP contribution is -2.14. The summed E-state index contributed by atoms with van der Waals surface area (Å²) in [5.74, 6) is -0.893. The molecule has 0 bridgehead atoms. The molecule has 0 fully saturated rings. The number of rotatable bonds is 4. The molecule has 1 aromatic heterocycles. The molecule has 0 spiro atoms. The van der Waals surface area contributed by atoms with Gasteiger partial charge in [0.1, 0.15) is 0 Å². The van der Waals surface area contributed by atoms with E-state index in [4.69, 9.17) is 5.73 Å². The molecule has 0 aliphatic rings. The summed E-state index contributed by atoms with van der Waals surface area (Å²) in [7, 11) is 0. The van der Waals surface area contributed by atoms with Crippen molar-refractivity contribution in [3.63, 3.8) is 0 Å². The number of ether oxygens (including phenoxy) is 1. The third-order valence-corrected chi connectivity index (χ3v) is 2.68. The van der Waals surface area contributed by atoms with Crippen molar-refractivity contribution >= 4 is 27.6 Å². The summed E-state index contributed by atoms with van der Waals surface area (Å²) in [6.45, 7) is 1.67. The van der Waals surface area contributed by atoms with Gasteiger partial charge in [-0.3, -0.25) is 0 Å². The topological polar surface area (TPSA) is 65.2 Å². The van der Waals surface area contributed by atoms with E-state index in [0.717, 1.165) is 0 Å². The standard InChI is InChI=1S/C10H11BrF2N2O2/c1-2-17-10(16)8-6(9(12)13)7(14)5(3-11)4-15-8/h4,9H,2-3H2,1H3,(H2,14,15). The first-order valence-electron chi connectivity index (χ1n) is 4.81. The van der Waals surface area contributed by atoms with Crippen LogP contribution in [0.4, 0.5) is 14.5 Å². The van der Waals surface area contributed by atoms with Crippen molar-refractivity contribution in [3.8, 4) is 0 Å². The van der Waals surface area contributed by atoms with Crippen molar-refractivity contribution in [1.82, 2.24) is 4.98 Å². The molecule has 0 radical (unpaired) electrons. The minimum atomic E-state index is -2.87. The maximum Gasteiger partial charge on any atom is 0.357 e. The van der Waals surface area contributed by atoms with Gasteiger partial charge in [-0.1, -0.05) is 15.9 Å². The van der Waals surface area contributed by atoms with E-state index in [1.165, 1.54) is 6.20 Å². The minimum absolute atomic E-state index is 0.0866. The highest BCUT2D eigenvalue weighted by Crippen LogP contribution is 2.31. The molecule has 0 aromatic carbocycles. The number of anilines is 1. The third-order valence-electron chi connectivity index (χ3n) is 2.07. The van der Waals surface area contributed by atoms with Gasteiger partial charge in [0.25, 0.3) is 6.43 Å². The summed E-state index contributed by atoms with van der Waals surface area (Å²) in [5.41, 5.74) is 4.86. The van der Waals surface area contributed by atoms with Crippen molar-refractivity contribution in [2.24, 2.45) is 0 Å². The number of hydrogen-bond acceptors (Lipinski definition) is 4.